The van der Waals surface area contributed by atoms with E-state index in [-0.39, 0.29) is 0 Å². The van der Waals surface area contributed by atoms with Gasteiger partial charge in [0.1, 0.15) is 11.3 Å². The molecule has 2 nitrogen and oxygen atoms in total. The maximum Gasteiger partial charge on any atom is 0.154 e. The standard InChI is InChI=1S/C12H9NOS.C2H6/c1-8-13-10(7-15-8)12-6-9-4-2-3-5-11(9)14-12;1-2/h2-7H,1H3;1-2H3. The molecule has 0 radical (unpaired) electrons. The molecule has 0 amide bonds. The van der Waals surface area contributed by atoms with E-state index in [2.05, 4.69) is 4.98 Å². The van der Waals surface area contributed by atoms with Gasteiger partial charge >= 0.3 is 0 Å². The first kappa shape index (κ1) is 11.9. The zero-order valence-electron chi connectivity index (χ0n) is 10.2. The molecule has 17 heavy (non-hydrogen) atoms. The quantitative estimate of drug-likeness (QED) is 0.610. The van der Waals surface area contributed by atoms with Crippen LogP contribution in [0.3, 0.4) is 0 Å². The molecule has 0 N–H and O–H groups in total. The van der Waals surface area contributed by atoms with Crippen LogP contribution >= 0.6 is 11.3 Å². The molecule has 0 aliphatic carbocycles. The largest absolute Gasteiger partial charge is 0.454 e. The molecule has 0 aliphatic heterocycles. The van der Waals surface area contributed by atoms with Crippen molar-refractivity contribution in [3.05, 3.63) is 40.7 Å². The Hall–Kier alpha value is -1.61. The molecule has 0 atom stereocenters. The van der Waals surface area contributed by atoms with Crippen molar-refractivity contribution >= 4 is 22.3 Å². The van der Waals surface area contributed by atoms with Crippen molar-refractivity contribution in [1.82, 2.24) is 4.98 Å². The van der Waals surface area contributed by atoms with E-state index in [4.69, 9.17) is 4.42 Å². The van der Waals surface area contributed by atoms with E-state index in [1.165, 1.54) is 0 Å². The number of thiazole rings is 1. The summed E-state index contributed by atoms with van der Waals surface area (Å²) in [6.07, 6.45) is 0. The van der Waals surface area contributed by atoms with Crippen molar-refractivity contribution in [2.45, 2.75) is 20.8 Å². The number of hydrogen-bond donors (Lipinski definition) is 0. The van der Waals surface area contributed by atoms with Gasteiger partial charge in [-0.25, -0.2) is 4.98 Å². The molecule has 3 rings (SSSR count). The number of fused-ring (bicyclic) bond motifs is 1. The fourth-order valence-corrected chi connectivity index (χ4v) is 2.19. The lowest BCUT2D eigenvalue weighted by molar-refractivity contribution is 0.629. The second-order valence-corrected chi connectivity index (χ2v) is 4.46. The van der Waals surface area contributed by atoms with E-state index in [1.54, 1.807) is 11.3 Å². The van der Waals surface area contributed by atoms with E-state index < -0.39 is 0 Å². The van der Waals surface area contributed by atoms with Crippen molar-refractivity contribution in [3.63, 3.8) is 0 Å². The predicted molar refractivity (Wildman–Crippen MR) is 73.4 cm³/mol. The number of furan rings is 1. The number of aromatic nitrogens is 1. The topological polar surface area (TPSA) is 26.0 Å². The molecule has 0 aliphatic rings. The van der Waals surface area contributed by atoms with E-state index in [0.717, 1.165) is 27.4 Å². The molecule has 2 aromatic heterocycles. The number of hydrogen-bond acceptors (Lipinski definition) is 3. The average molecular weight is 245 g/mol. The third-order valence-corrected chi connectivity index (χ3v) is 3.07. The molecule has 1 aromatic carbocycles. The fourth-order valence-electron chi connectivity index (χ4n) is 1.58. The molecule has 3 aromatic rings. The summed E-state index contributed by atoms with van der Waals surface area (Å²) in [5.74, 6) is 0.848. The minimum absolute atomic E-state index is 0.848. The molecule has 88 valence electrons. The summed E-state index contributed by atoms with van der Waals surface area (Å²) in [7, 11) is 0. The zero-order valence-corrected chi connectivity index (χ0v) is 11.0. The molecule has 0 fully saturated rings. The Balaban J connectivity index is 0.000000514. The molecular formula is C14H15NOS. The van der Waals surface area contributed by atoms with E-state index in [9.17, 15) is 0 Å². The van der Waals surface area contributed by atoms with Crippen molar-refractivity contribution in [2.75, 3.05) is 0 Å². The van der Waals surface area contributed by atoms with Crippen LogP contribution in [0.25, 0.3) is 22.4 Å². The summed E-state index contributed by atoms with van der Waals surface area (Å²) in [5, 5.41) is 4.20. The highest BCUT2D eigenvalue weighted by Gasteiger charge is 2.07. The lowest BCUT2D eigenvalue weighted by Crippen LogP contribution is -1.72. The molecule has 0 spiro atoms. The summed E-state index contributed by atoms with van der Waals surface area (Å²) in [4.78, 5) is 4.40. The van der Waals surface area contributed by atoms with E-state index in [1.807, 2.05) is 56.5 Å². The number of nitrogens with zero attached hydrogens (tertiary/aromatic N) is 1. The summed E-state index contributed by atoms with van der Waals surface area (Å²) in [6.45, 7) is 6.00. The first-order valence-corrected chi connectivity index (χ1v) is 6.62. The van der Waals surface area contributed by atoms with Crippen LogP contribution in [0.2, 0.25) is 0 Å². The average Bonchev–Trinajstić information content (AvgIpc) is 2.97. The number of benzene rings is 1. The molecule has 0 bridgehead atoms. The third kappa shape index (κ3) is 2.39. The van der Waals surface area contributed by atoms with Gasteiger partial charge in [0.15, 0.2) is 5.76 Å². The number of aryl methyl sites for hydroxylation is 1. The van der Waals surface area contributed by atoms with Gasteiger partial charge in [-0.3, -0.25) is 0 Å². The first-order valence-electron chi connectivity index (χ1n) is 5.74. The Morgan fingerprint density at radius 3 is 2.59 bits per heavy atom. The van der Waals surface area contributed by atoms with Crippen molar-refractivity contribution in [3.8, 4) is 11.5 Å². The maximum atomic E-state index is 5.71. The smallest absolute Gasteiger partial charge is 0.154 e. The van der Waals surface area contributed by atoms with Gasteiger partial charge in [0.05, 0.1) is 5.01 Å². The Morgan fingerprint density at radius 2 is 1.94 bits per heavy atom. The highest BCUT2D eigenvalue weighted by molar-refractivity contribution is 7.09. The molecule has 3 heteroatoms. The lowest BCUT2D eigenvalue weighted by atomic mass is 10.2. The number of para-hydroxylation sites is 1. The first-order chi connectivity index (χ1) is 8.33. The summed E-state index contributed by atoms with van der Waals surface area (Å²) < 4.78 is 5.71. The van der Waals surface area contributed by atoms with Crippen LogP contribution in [0.15, 0.2) is 40.1 Å². The van der Waals surface area contributed by atoms with Crippen LogP contribution < -0.4 is 0 Å². The minimum Gasteiger partial charge on any atom is -0.454 e. The van der Waals surface area contributed by atoms with E-state index >= 15 is 0 Å². The fraction of sp³-hybridized carbons (Fsp3) is 0.214. The molecule has 2 heterocycles. The van der Waals surface area contributed by atoms with Gasteiger partial charge in [0.2, 0.25) is 0 Å². The Bertz CT molecular complexity index is 576. The van der Waals surface area contributed by atoms with Gasteiger partial charge < -0.3 is 4.42 Å². The normalized spacial score (nSPS) is 10.1. The zero-order chi connectivity index (χ0) is 12.3. The van der Waals surface area contributed by atoms with Crippen LogP contribution in [-0.2, 0) is 0 Å². The summed E-state index contributed by atoms with van der Waals surface area (Å²) in [5.41, 5.74) is 1.84. The van der Waals surface area contributed by atoms with Gasteiger partial charge in [0.25, 0.3) is 0 Å². The van der Waals surface area contributed by atoms with Gasteiger partial charge in [-0.05, 0) is 19.1 Å². The monoisotopic (exact) mass is 245 g/mol. The summed E-state index contributed by atoms with van der Waals surface area (Å²) >= 11 is 1.64. The van der Waals surface area contributed by atoms with Gasteiger partial charge in [0, 0.05) is 10.8 Å². The predicted octanol–water partition coefficient (Wildman–Crippen LogP) is 4.89. The molecular weight excluding hydrogens is 230 g/mol. The van der Waals surface area contributed by atoms with Gasteiger partial charge in [-0.2, -0.15) is 0 Å². The second kappa shape index (κ2) is 5.15. The summed E-state index contributed by atoms with van der Waals surface area (Å²) in [6, 6.07) is 10.0. The Kier molecular flexibility index (Phi) is 3.59. The van der Waals surface area contributed by atoms with Gasteiger partial charge in [-0.15, -0.1) is 11.3 Å². The highest BCUT2D eigenvalue weighted by Crippen LogP contribution is 2.28. The minimum atomic E-state index is 0.848. The molecule has 0 saturated carbocycles. The van der Waals surface area contributed by atoms with Crippen LogP contribution in [0, 0.1) is 6.92 Å². The second-order valence-electron chi connectivity index (χ2n) is 3.40. The van der Waals surface area contributed by atoms with Crippen LogP contribution in [-0.4, -0.2) is 4.98 Å². The van der Waals surface area contributed by atoms with Crippen molar-refractivity contribution in [2.24, 2.45) is 0 Å². The van der Waals surface area contributed by atoms with Crippen molar-refractivity contribution in [1.29, 1.82) is 0 Å². The maximum absolute atomic E-state index is 5.71. The third-order valence-electron chi connectivity index (χ3n) is 2.30. The van der Waals surface area contributed by atoms with Crippen molar-refractivity contribution < 1.29 is 4.42 Å². The number of rotatable bonds is 1. The van der Waals surface area contributed by atoms with Crippen LogP contribution in [0.1, 0.15) is 18.9 Å². The van der Waals surface area contributed by atoms with Crippen LogP contribution in [0.4, 0.5) is 0 Å². The molecule has 0 unspecified atom stereocenters. The van der Waals surface area contributed by atoms with Gasteiger partial charge in [-0.1, -0.05) is 32.0 Å². The Morgan fingerprint density at radius 1 is 1.18 bits per heavy atom. The SMILES string of the molecule is CC.Cc1nc(-c2cc3ccccc3o2)cs1. The Labute approximate surface area is 105 Å². The van der Waals surface area contributed by atoms with E-state index in [0.29, 0.717) is 0 Å². The highest BCUT2D eigenvalue weighted by atomic mass is 32.1. The molecule has 0 saturated heterocycles. The lowest BCUT2D eigenvalue weighted by Gasteiger charge is -1.86. The van der Waals surface area contributed by atoms with Crippen LogP contribution in [0.5, 0.6) is 0 Å².